The van der Waals surface area contributed by atoms with Gasteiger partial charge in [-0.1, -0.05) is 0 Å². The quantitative estimate of drug-likeness (QED) is 0.797. The number of hydrogen-bond donors (Lipinski definition) is 1. The third kappa shape index (κ3) is 2.16. The van der Waals surface area contributed by atoms with Gasteiger partial charge in [-0.15, -0.1) is 0 Å². The van der Waals surface area contributed by atoms with E-state index in [1.807, 2.05) is 0 Å². The van der Waals surface area contributed by atoms with E-state index < -0.39 is 0 Å². The van der Waals surface area contributed by atoms with Crippen molar-refractivity contribution >= 4 is 0 Å². The largest absolute Gasteiger partial charge is 0.307 e. The average molecular weight is 218 g/mol. The van der Waals surface area contributed by atoms with Crippen molar-refractivity contribution in [2.45, 2.75) is 13.8 Å². The number of aryl methyl sites for hydroxylation is 2. The van der Waals surface area contributed by atoms with Crippen molar-refractivity contribution < 1.29 is 4.39 Å². The molecule has 82 valence electrons. The van der Waals surface area contributed by atoms with Gasteiger partial charge in [-0.25, -0.2) is 9.37 Å². The molecule has 1 N–H and O–H groups in total. The highest BCUT2D eigenvalue weighted by molar-refractivity contribution is 5.56. The Hall–Kier alpha value is -1.97. The van der Waals surface area contributed by atoms with Crippen LogP contribution in [0.25, 0.3) is 11.4 Å². The molecule has 0 bridgehead atoms. The highest BCUT2D eigenvalue weighted by atomic mass is 19.1. The van der Waals surface area contributed by atoms with Gasteiger partial charge in [0.05, 0.1) is 0 Å². The lowest BCUT2D eigenvalue weighted by Crippen LogP contribution is -2.08. The fourth-order valence-electron chi connectivity index (χ4n) is 1.59. The number of aromatic nitrogens is 2. The molecule has 0 fully saturated rings. The van der Waals surface area contributed by atoms with E-state index in [1.165, 1.54) is 18.2 Å². The molecule has 0 atom stereocenters. The molecule has 1 aromatic heterocycles. The second-order valence-electron chi connectivity index (χ2n) is 3.75. The first-order chi connectivity index (χ1) is 7.54. The van der Waals surface area contributed by atoms with E-state index in [1.54, 1.807) is 19.9 Å². The molecule has 0 aliphatic carbocycles. The standard InChI is InChI=1S/C12H11FN2O/c1-7-3-9(6-10(13)4-7)12-14-8(2)5-11(16)15-12/h3-6H,1-2H3,(H,14,15,16). The van der Waals surface area contributed by atoms with Crippen LogP contribution in [-0.2, 0) is 0 Å². The van der Waals surface area contributed by atoms with Crippen LogP contribution in [0.1, 0.15) is 11.3 Å². The Kier molecular flexibility index (Phi) is 2.56. The summed E-state index contributed by atoms with van der Waals surface area (Å²) in [6.45, 7) is 3.52. The maximum atomic E-state index is 13.2. The van der Waals surface area contributed by atoms with Crippen molar-refractivity contribution in [3.63, 3.8) is 0 Å². The Balaban J connectivity index is 2.62. The Morgan fingerprint density at radius 3 is 2.56 bits per heavy atom. The topological polar surface area (TPSA) is 45.8 Å². The Bertz CT molecular complexity index is 570. The minimum atomic E-state index is -0.334. The Labute approximate surface area is 92.0 Å². The smallest absolute Gasteiger partial charge is 0.251 e. The van der Waals surface area contributed by atoms with Gasteiger partial charge in [0.25, 0.3) is 5.56 Å². The van der Waals surface area contributed by atoms with Gasteiger partial charge in [-0.05, 0) is 37.6 Å². The maximum absolute atomic E-state index is 13.2. The third-order valence-electron chi connectivity index (χ3n) is 2.19. The summed E-state index contributed by atoms with van der Waals surface area (Å²) in [7, 11) is 0. The van der Waals surface area contributed by atoms with Crippen LogP contribution >= 0.6 is 0 Å². The van der Waals surface area contributed by atoms with E-state index in [0.717, 1.165) is 5.56 Å². The second kappa shape index (κ2) is 3.89. The fraction of sp³-hybridized carbons (Fsp3) is 0.167. The molecule has 0 saturated carbocycles. The van der Waals surface area contributed by atoms with Crippen molar-refractivity contribution in [1.82, 2.24) is 9.97 Å². The van der Waals surface area contributed by atoms with Crippen molar-refractivity contribution in [1.29, 1.82) is 0 Å². The van der Waals surface area contributed by atoms with Crippen LogP contribution in [0.5, 0.6) is 0 Å². The number of nitrogens with one attached hydrogen (secondary N) is 1. The lowest BCUT2D eigenvalue weighted by atomic mass is 10.1. The number of hydrogen-bond acceptors (Lipinski definition) is 2. The van der Waals surface area contributed by atoms with Gasteiger partial charge in [0.15, 0.2) is 0 Å². The monoisotopic (exact) mass is 218 g/mol. The molecule has 0 saturated heterocycles. The minimum Gasteiger partial charge on any atom is -0.307 e. The van der Waals surface area contributed by atoms with Gasteiger partial charge >= 0.3 is 0 Å². The number of nitrogens with zero attached hydrogens (tertiary/aromatic N) is 1. The van der Waals surface area contributed by atoms with E-state index in [-0.39, 0.29) is 11.4 Å². The predicted molar refractivity (Wildman–Crippen MR) is 59.7 cm³/mol. The van der Waals surface area contributed by atoms with Crippen LogP contribution in [-0.4, -0.2) is 9.97 Å². The molecule has 4 heteroatoms. The number of aromatic amines is 1. The van der Waals surface area contributed by atoms with E-state index in [0.29, 0.717) is 17.1 Å². The van der Waals surface area contributed by atoms with Crippen LogP contribution in [0.2, 0.25) is 0 Å². The normalized spacial score (nSPS) is 10.4. The average Bonchev–Trinajstić information content (AvgIpc) is 2.14. The summed E-state index contributed by atoms with van der Waals surface area (Å²) < 4.78 is 13.2. The molecule has 2 rings (SSSR count). The number of benzene rings is 1. The van der Waals surface area contributed by atoms with Crippen LogP contribution in [0.15, 0.2) is 29.1 Å². The van der Waals surface area contributed by atoms with E-state index in [9.17, 15) is 9.18 Å². The first-order valence-corrected chi connectivity index (χ1v) is 4.90. The van der Waals surface area contributed by atoms with Gasteiger partial charge in [-0.2, -0.15) is 0 Å². The van der Waals surface area contributed by atoms with Gasteiger partial charge in [-0.3, -0.25) is 4.79 Å². The van der Waals surface area contributed by atoms with Crippen molar-refractivity contribution in [3.8, 4) is 11.4 Å². The third-order valence-corrected chi connectivity index (χ3v) is 2.19. The summed E-state index contributed by atoms with van der Waals surface area (Å²) in [6, 6.07) is 5.96. The molecule has 0 amide bonds. The van der Waals surface area contributed by atoms with Crippen LogP contribution < -0.4 is 5.56 Å². The zero-order valence-corrected chi connectivity index (χ0v) is 9.04. The van der Waals surface area contributed by atoms with Gasteiger partial charge < -0.3 is 4.98 Å². The van der Waals surface area contributed by atoms with Crippen molar-refractivity contribution in [2.24, 2.45) is 0 Å². The second-order valence-corrected chi connectivity index (χ2v) is 3.75. The van der Waals surface area contributed by atoms with Crippen LogP contribution in [0.3, 0.4) is 0 Å². The van der Waals surface area contributed by atoms with E-state index in [4.69, 9.17) is 0 Å². The highest BCUT2D eigenvalue weighted by Crippen LogP contribution is 2.17. The minimum absolute atomic E-state index is 0.232. The molecular weight excluding hydrogens is 207 g/mol. The number of rotatable bonds is 1. The zero-order chi connectivity index (χ0) is 11.7. The summed E-state index contributed by atoms with van der Waals surface area (Å²) in [5.41, 5.74) is 1.75. The van der Waals surface area contributed by atoms with Gasteiger partial charge in [0, 0.05) is 17.3 Å². The highest BCUT2D eigenvalue weighted by Gasteiger charge is 2.04. The molecule has 0 aliphatic rings. The van der Waals surface area contributed by atoms with Crippen molar-refractivity contribution in [2.75, 3.05) is 0 Å². The molecule has 16 heavy (non-hydrogen) atoms. The Morgan fingerprint density at radius 2 is 1.94 bits per heavy atom. The van der Waals surface area contributed by atoms with E-state index >= 15 is 0 Å². The molecule has 0 aliphatic heterocycles. The number of H-pyrrole nitrogens is 1. The van der Waals surface area contributed by atoms with Crippen LogP contribution in [0.4, 0.5) is 4.39 Å². The van der Waals surface area contributed by atoms with Gasteiger partial charge in [0.1, 0.15) is 11.6 Å². The lowest BCUT2D eigenvalue weighted by molar-refractivity contribution is 0.627. The maximum Gasteiger partial charge on any atom is 0.251 e. The molecule has 0 radical (unpaired) electrons. The molecule has 2 aromatic rings. The van der Waals surface area contributed by atoms with E-state index in [2.05, 4.69) is 9.97 Å². The SMILES string of the molecule is Cc1cc(F)cc(-c2nc(C)cc(=O)[nH]2)c1. The lowest BCUT2D eigenvalue weighted by Gasteiger charge is -2.03. The summed E-state index contributed by atoms with van der Waals surface area (Å²) in [5, 5.41) is 0. The summed E-state index contributed by atoms with van der Waals surface area (Å²) in [4.78, 5) is 18.0. The number of halogens is 1. The van der Waals surface area contributed by atoms with Gasteiger partial charge in [0.2, 0.25) is 0 Å². The van der Waals surface area contributed by atoms with Crippen LogP contribution in [0, 0.1) is 19.7 Å². The molecule has 1 aromatic carbocycles. The first kappa shape index (κ1) is 10.5. The Morgan fingerprint density at radius 1 is 1.19 bits per heavy atom. The summed E-state index contributed by atoms with van der Waals surface area (Å²) in [6.07, 6.45) is 0. The molecule has 0 unspecified atom stereocenters. The predicted octanol–water partition coefficient (Wildman–Crippen LogP) is 2.19. The molecule has 0 spiro atoms. The first-order valence-electron chi connectivity index (χ1n) is 4.90. The zero-order valence-electron chi connectivity index (χ0n) is 9.04. The van der Waals surface area contributed by atoms with Crippen molar-refractivity contribution in [3.05, 3.63) is 51.7 Å². The summed E-state index contributed by atoms with van der Waals surface area (Å²) in [5.74, 6) is 0.0618. The summed E-state index contributed by atoms with van der Waals surface area (Å²) >= 11 is 0. The molecular formula is C12H11FN2O. The molecule has 1 heterocycles. The fourth-order valence-corrected chi connectivity index (χ4v) is 1.59. The molecule has 3 nitrogen and oxygen atoms in total.